The average molecular weight is 381 g/mol. The topological polar surface area (TPSA) is 82.1 Å². The van der Waals surface area contributed by atoms with Crippen molar-refractivity contribution in [2.75, 3.05) is 11.4 Å². The Morgan fingerprint density at radius 2 is 2.00 bits per heavy atom. The van der Waals surface area contributed by atoms with Gasteiger partial charge < -0.3 is 9.47 Å². The van der Waals surface area contributed by atoms with E-state index in [1.807, 2.05) is 29.7 Å². The van der Waals surface area contributed by atoms with Gasteiger partial charge >= 0.3 is 5.69 Å². The van der Waals surface area contributed by atoms with Crippen molar-refractivity contribution in [3.05, 3.63) is 50.7 Å². The summed E-state index contributed by atoms with van der Waals surface area (Å²) in [6.45, 7) is 6.67. The summed E-state index contributed by atoms with van der Waals surface area (Å²) in [6.07, 6.45) is 0. The van der Waals surface area contributed by atoms with Crippen LogP contribution in [0.25, 0.3) is 11.2 Å². The molecule has 0 radical (unpaired) electrons. The Morgan fingerprint density at radius 3 is 2.68 bits per heavy atom. The van der Waals surface area contributed by atoms with Crippen molar-refractivity contribution in [3.8, 4) is 0 Å². The number of anilines is 2. The summed E-state index contributed by atoms with van der Waals surface area (Å²) >= 11 is 0. The Hall–Kier alpha value is -3.16. The number of hydrogen-bond donors (Lipinski definition) is 0. The Morgan fingerprint density at radius 1 is 1.25 bits per heavy atom. The molecule has 0 N–H and O–H groups in total. The van der Waals surface area contributed by atoms with Gasteiger partial charge in [-0.05, 0) is 37.5 Å². The molecule has 3 aromatic rings. The number of imidazole rings is 1. The largest absolute Gasteiger partial charge is 0.332 e. The van der Waals surface area contributed by atoms with Gasteiger partial charge in [0.05, 0.1) is 6.54 Å². The molecule has 1 aliphatic heterocycles. The third-order valence-corrected chi connectivity index (χ3v) is 5.14. The monoisotopic (exact) mass is 381 g/mol. The molecule has 0 spiro atoms. The summed E-state index contributed by atoms with van der Waals surface area (Å²) in [4.78, 5) is 44.0. The van der Waals surface area contributed by atoms with Gasteiger partial charge in [0.25, 0.3) is 5.56 Å². The molecule has 8 nitrogen and oxygen atoms in total. The van der Waals surface area contributed by atoms with Crippen LogP contribution < -0.4 is 16.1 Å². The van der Waals surface area contributed by atoms with Gasteiger partial charge in [-0.1, -0.05) is 19.1 Å². The smallest absolute Gasteiger partial charge is 0.312 e. The van der Waals surface area contributed by atoms with E-state index in [1.165, 1.54) is 11.5 Å². The predicted octanol–water partition coefficient (Wildman–Crippen LogP) is 1.58. The van der Waals surface area contributed by atoms with Crippen LogP contribution in [0.1, 0.15) is 19.4 Å². The fraction of sp³-hybridized carbons (Fsp3) is 0.400. The van der Waals surface area contributed by atoms with Crippen LogP contribution in [0.5, 0.6) is 0 Å². The zero-order chi connectivity index (χ0) is 20.2. The van der Waals surface area contributed by atoms with Crippen LogP contribution in [0.2, 0.25) is 0 Å². The zero-order valence-electron chi connectivity index (χ0n) is 16.5. The van der Waals surface area contributed by atoms with Crippen molar-refractivity contribution in [2.24, 2.45) is 13.0 Å². The summed E-state index contributed by atoms with van der Waals surface area (Å²) in [6, 6.07) is 8.12. The van der Waals surface area contributed by atoms with Crippen molar-refractivity contribution < 1.29 is 4.79 Å². The van der Waals surface area contributed by atoms with Gasteiger partial charge in [-0.15, -0.1) is 0 Å². The van der Waals surface area contributed by atoms with E-state index < -0.39 is 11.2 Å². The molecule has 0 fully saturated rings. The van der Waals surface area contributed by atoms with E-state index in [1.54, 1.807) is 7.05 Å². The molecule has 1 aromatic carbocycles. The number of benzene rings is 1. The van der Waals surface area contributed by atoms with E-state index >= 15 is 0 Å². The molecule has 28 heavy (non-hydrogen) atoms. The summed E-state index contributed by atoms with van der Waals surface area (Å²) < 4.78 is 4.23. The first kappa shape index (κ1) is 18.2. The third kappa shape index (κ3) is 2.76. The second-order valence-corrected chi connectivity index (χ2v) is 7.68. The minimum Gasteiger partial charge on any atom is -0.312 e. The number of nitrogens with zero attached hydrogens (tertiary/aromatic N) is 5. The molecule has 2 aromatic heterocycles. The lowest BCUT2D eigenvalue weighted by molar-refractivity contribution is -0.117. The molecule has 8 heteroatoms. The van der Waals surface area contributed by atoms with Crippen LogP contribution in [0.4, 0.5) is 11.6 Å². The second kappa shape index (κ2) is 6.47. The lowest BCUT2D eigenvalue weighted by atomic mass is 10.1. The van der Waals surface area contributed by atoms with E-state index in [2.05, 4.69) is 22.9 Å². The van der Waals surface area contributed by atoms with Crippen molar-refractivity contribution >= 4 is 28.6 Å². The number of aromatic nitrogens is 4. The van der Waals surface area contributed by atoms with E-state index in [-0.39, 0.29) is 18.2 Å². The van der Waals surface area contributed by atoms with Crippen molar-refractivity contribution in [3.63, 3.8) is 0 Å². The van der Waals surface area contributed by atoms with Crippen LogP contribution in [0.3, 0.4) is 0 Å². The number of ketones is 1. The summed E-state index contributed by atoms with van der Waals surface area (Å²) in [5.74, 6) is 0.682. The van der Waals surface area contributed by atoms with E-state index in [4.69, 9.17) is 0 Å². The van der Waals surface area contributed by atoms with Crippen molar-refractivity contribution in [2.45, 2.75) is 33.9 Å². The fourth-order valence-corrected chi connectivity index (χ4v) is 3.88. The molecule has 146 valence electrons. The minimum atomic E-state index is -0.529. The quantitative estimate of drug-likeness (QED) is 0.688. The number of aryl methyl sites for hydroxylation is 2. The number of fused-ring (bicyclic) bond motifs is 3. The number of Topliss-reactive ketones (excluding diaryl/α,β-unsaturated/α-hetero) is 1. The molecule has 0 amide bonds. The lowest BCUT2D eigenvalue weighted by Gasteiger charge is -2.33. The number of hydrogen-bond acceptors (Lipinski definition) is 5. The van der Waals surface area contributed by atoms with Crippen LogP contribution in [0.15, 0.2) is 33.9 Å². The first-order valence-corrected chi connectivity index (χ1v) is 9.31. The van der Waals surface area contributed by atoms with Gasteiger partial charge in [0, 0.05) is 25.8 Å². The van der Waals surface area contributed by atoms with Crippen LogP contribution in [0, 0.1) is 12.8 Å². The molecule has 4 rings (SSSR count). The second-order valence-electron chi connectivity index (χ2n) is 7.68. The Balaban J connectivity index is 2.02. The van der Waals surface area contributed by atoms with E-state index in [0.717, 1.165) is 22.4 Å². The molecule has 3 heterocycles. The molecule has 0 saturated heterocycles. The molecular weight excluding hydrogens is 358 g/mol. The van der Waals surface area contributed by atoms with E-state index in [0.29, 0.717) is 23.7 Å². The third-order valence-electron chi connectivity index (χ3n) is 5.14. The maximum absolute atomic E-state index is 13.1. The maximum atomic E-state index is 13.1. The van der Waals surface area contributed by atoms with Gasteiger partial charge in [-0.3, -0.25) is 18.7 Å². The van der Waals surface area contributed by atoms with Gasteiger partial charge in [-0.2, -0.15) is 4.98 Å². The van der Waals surface area contributed by atoms with E-state index in [9.17, 15) is 14.4 Å². The molecule has 1 aliphatic rings. The van der Waals surface area contributed by atoms with Crippen LogP contribution in [-0.2, 0) is 24.9 Å². The predicted molar refractivity (Wildman–Crippen MR) is 107 cm³/mol. The highest BCUT2D eigenvalue weighted by Gasteiger charge is 2.29. The summed E-state index contributed by atoms with van der Waals surface area (Å²) in [7, 11) is 1.58. The average Bonchev–Trinajstić information content (AvgIpc) is 3.02. The van der Waals surface area contributed by atoms with Gasteiger partial charge in [0.2, 0.25) is 5.95 Å². The summed E-state index contributed by atoms with van der Waals surface area (Å²) in [5.41, 5.74) is 1.84. The fourth-order valence-electron chi connectivity index (χ4n) is 3.88. The first-order valence-electron chi connectivity index (χ1n) is 9.31. The lowest BCUT2D eigenvalue weighted by Crippen LogP contribution is -2.41. The van der Waals surface area contributed by atoms with Gasteiger partial charge in [0.1, 0.15) is 5.78 Å². The summed E-state index contributed by atoms with van der Waals surface area (Å²) in [5, 5.41) is 0. The Kier molecular flexibility index (Phi) is 4.21. The SMILES string of the molecule is CC(=O)Cn1c(=O)c2c(nc3n2C[C@@H](C)CN3c2cccc(C)c2)n(C)c1=O. The normalized spacial score (nSPS) is 16.4. The Bertz CT molecular complexity index is 1220. The number of carbonyl (C=O) groups is 1. The maximum Gasteiger partial charge on any atom is 0.332 e. The number of carbonyl (C=O) groups excluding carboxylic acids is 1. The first-order chi connectivity index (χ1) is 13.3. The Labute approximate surface area is 161 Å². The van der Waals surface area contributed by atoms with Crippen LogP contribution in [-0.4, -0.2) is 31.0 Å². The van der Waals surface area contributed by atoms with Crippen molar-refractivity contribution in [1.82, 2.24) is 18.7 Å². The minimum absolute atomic E-state index is 0.237. The standard InChI is InChI=1S/C20H23N5O3/c1-12-6-5-7-15(8-12)23-9-13(2)10-24-16-17(21-19(23)24)22(4)20(28)25(18(16)27)11-14(3)26/h5-8,13H,9-11H2,1-4H3/t13-/m0/s1. The highest BCUT2D eigenvalue weighted by atomic mass is 16.2. The zero-order valence-corrected chi connectivity index (χ0v) is 16.5. The molecule has 0 aliphatic carbocycles. The van der Waals surface area contributed by atoms with Gasteiger partial charge in [-0.25, -0.2) is 4.79 Å². The molecule has 0 unspecified atom stereocenters. The van der Waals surface area contributed by atoms with Gasteiger partial charge in [0.15, 0.2) is 11.2 Å². The molecular formula is C20H23N5O3. The van der Waals surface area contributed by atoms with Crippen molar-refractivity contribution in [1.29, 1.82) is 0 Å². The number of rotatable bonds is 3. The molecule has 0 bridgehead atoms. The molecule has 1 atom stereocenters. The highest BCUT2D eigenvalue weighted by Crippen LogP contribution is 2.33. The van der Waals surface area contributed by atoms with Crippen LogP contribution >= 0.6 is 0 Å². The highest BCUT2D eigenvalue weighted by molar-refractivity contribution is 5.78. The molecule has 0 saturated carbocycles.